The molecule has 3 aromatic rings. The zero-order valence-electron chi connectivity index (χ0n) is 21.2. The predicted molar refractivity (Wildman–Crippen MR) is 147 cm³/mol. The van der Waals surface area contributed by atoms with Crippen LogP contribution in [0.3, 0.4) is 0 Å². The summed E-state index contributed by atoms with van der Waals surface area (Å²) < 4.78 is 28.5. The van der Waals surface area contributed by atoms with Gasteiger partial charge < -0.3 is 10.2 Å². The lowest BCUT2D eigenvalue weighted by Gasteiger charge is -2.32. The van der Waals surface area contributed by atoms with Gasteiger partial charge in [-0.1, -0.05) is 66.6 Å². The average Bonchev–Trinajstić information content (AvgIpc) is 2.89. The summed E-state index contributed by atoms with van der Waals surface area (Å²) in [7, 11) is -4.07. The summed E-state index contributed by atoms with van der Waals surface area (Å²) in [4.78, 5) is 28.1. The van der Waals surface area contributed by atoms with Gasteiger partial charge in [0, 0.05) is 18.1 Å². The van der Waals surface area contributed by atoms with E-state index in [1.54, 1.807) is 73.7 Å². The van der Waals surface area contributed by atoms with Crippen LogP contribution in [-0.4, -0.2) is 44.3 Å². The molecule has 0 heterocycles. The lowest BCUT2D eigenvalue weighted by Crippen LogP contribution is -2.51. The number of nitrogens with one attached hydrogen (secondary N) is 1. The van der Waals surface area contributed by atoms with Gasteiger partial charge in [-0.05, 0) is 62.2 Å². The number of halogens is 1. The fourth-order valence-corrected chi connectivity index (χ4v) is 5.42. The highest BCUT2D eigenvalue weighted by Gasteiger charge is 2.32. The molecule has 37 heavy (non-hydrogen) atoms. The third-order valence-corrected chi connectivity index (χ3v) is 7.91. The number of benzene rings is 3. The van der Waals surface area contributed by atoms with Gasteiger partial charge in [-0.3, -0.25) is 13.9 Å². The summed E-state index contributed by atoms with van der Waals surface area (Å²) in [5.41, 5.74) is 2.04. The van der Waals surface area contributed by atoms with Crippen molar-refractivity contribution in [1.29, 1.82) is 0 Å². The zero-order chi connectivity index (χ0) is 27.0. The number of aryl methyl sites for hydroxylation is 1. The first-order valence-electron chi connectivity index (χ1n) is 12.1. The molecule has 0 fully saturated rings. The minimum Gasteiger partial charge on any atom is -0.354 e. The van der Waals surface area contributed by atoms with E-state index in [2.05, 4.69) is 5.32 Å². The minimum absolute atomic E-state index is 0.0681. The van der Waals surface area contributed by atoms with Crippen LogP contribution in [0, 0.1) is 6.92 Å². The number of carbonyl (C=O) groups excluding carboxylic acids is 2. The maximum absolute atomic E-state index is 13.8. The number of amides is 2. The average molecular weight is 542 g/mol. The van der Waals surface area contributed by atoms with Gasteiger partial charge in [0.2, 0.25) is 11.8 Å². The molecule has 0 saturated heterocycles. The first-order valence-corrected chi connectivity index (χ1v) is 13.9. The molecular formula is C28H32ClN3O4S. The van der Waals surface area contributed by atoms with E-state index in [1.165, 1.54) is 17.0 Å². The second kappa shape index (κ2) is 12.7. The lowest BCUT2D eigenvalue weighted by atomic mass is 10.1. The van der Waals surface area contributed by atoms with Crippen molar-refractivity contribution in [3.8, 4) is 0 Å². The van der Waals surface area contributed by atoms with Crippen molar-refractivity contribution >= 4 is 39.1 Å². The summed E-state index contributed by atoms with van der Waals surface area (Å²) in [5.74, 6) is -0.829. The Bertz CT molecular complexity index is 1310. The van der Waals surface area contributed by atoms with Crippen LogP contribution in [0.4, 0.5) is 5.69 Å². The van der Waals surface area contributed by atoms with Gasteiger partial charge in [0.25, 0.3) is 10.0 Å². The summed E-state index contributed by atoms with van der Waals surface area (Å²) in [5, 5.41) is 3.32. The van der Waals surface area contributed by atoms with Crippen molar-refractivity contribution in [3.05, 3.63) is 95.0 Å². The number of hydrogen-bond donors (Lipinski definition) is 1. The maximum atomic E-state index is 13.8. The molecule has 2 amide bonds. The molecule has 3 aromatic carbocycles. The van der Waals surface area contributed by atoms with E-state index in [-0.39, 0.29) is 17.3 Å². The van der Waals surface area contributed by atoms with Crippen molar-refractivity contribution in [1.82, 2.24) is 10.2 Å². The van der Waals surface area contributed by atoms with Gasteiger partial charge in [0.15, 0.2) is 0 Å². The fraction of sp³-hybridized carbons (Fsp3) is 0.286. The Labute approximate surface area is 224 Å². The Morgan fingerprint density at radius 1 is 0.973 bits per heavy atom. The Morgan fingerprint density at radius 2 is 1.65 bits per heavy atom. The van der Waals surface area contributed by atoms with Crippen molar-refractivity contribution in [2.45, 2.75) is 44.7 Å². The van der Waals surface area contributed by atoms with Gasteiger partial charge in [0.1, 0.15) is 12.6 Å². The van der Waals surface area contributed by atoms with Gasteiger partial charge in [-0.25, -0.2) is 8.42 Å². The van der Waals surface area contributed by atoms with Crippen LogP contribution in [-0.2, 0) is 26.2 Å². The molecule has 0 aromatic heterocycles. The van der Waals surface area contributed by atoms with Crippen molar-refractivity contribution in [2.75, 3.05) is 17.4 Å². The molecule has 196 valence electrons. The Morgan fingerprint density at radius 3 is 2.27 bits per heavy atom. The molecule has 0 radical (unpaired) electrons. The van der Waals surface area contributed by atoms with Crippen molar-refractivity contribution < 1.29 is 18.0 Å². The molecule has 0 aliphatic heterocycles. The fourth-order valence-electron chi connectivity index (χ4n) is 3.77. The van der Waals surface area contributed by atoms with Crippen LogP contribution in [0.25, 0.3) is 0 Å². The molecule has 1 unspecified atom stereocenters. The smallest absolute Gasteiger partial charge is 0.264 e. The van der Waals surface area contributed by atoms with Crippen LogP contribution in [0.15, 0.2) is 83.8 Å². The highest BCUT2D eigenvalue weighted by molar-refractivity contribution is 7.92. The van der Waals surface area contributed by atoms with Crippen molar-refractivity contribution in [3.63, 3.8) is 0 Å². The van der Waals surface area contributed by atoms with Crippen molar-refractivity contribution in [2.24, 2.45) is 0 Å². The number of rotatable bonds is 11. The number of carbonyl (C=O) groups is 2. The first kappa shape index (κ1) is 28.2. The quantitative estimate of drug-likeness (QED) is 0.378. The summed E-state index contributed by atoms with van der Waals surface area (Å²) in [6.07, 6.45) is 0.747. The Hall–Kier alpha value is -3.36. The summed E-state index contributed by atoms with van der Waals surface area (Å²) >= 11 is 6.15. The largest absolute Gasteiger partial charge is 0.354 e. The maximum Gasteiger partial charge on any atom is 0.264 e. The van der Waals surface area contributed by atoms with E-state index in [4.69, 9.17) is 11.6 Å². The lowest BCUT2D eigenvalue weighted by molar-refractivity contribution is -0.139. The third kappa shape index (κ3) is 7.33. The first-order chi connectivity index (χ1) is 17.6. The molecule has 1 N–H and O–H groups in total. The molecular weight excluding hydrogens is 510 g/mol. The topological polar surface area (TPSA) is 86.8 Å². The molecule has 0 spiro atoms. The van der Waals surface area contributed by atoms with E-state index in [9.17, 15) is 18.0 Å². The van der Waals surface area contributed by atoms with E-state index in [1.807, 2.05) is 13.8 Å². The molecule has 0 bridgehead atoms. The standard InChI is InChI=1S/C28H32ClN3O4S/c1-4-17-30-28(34)22(3)31(19-23-9-8-10-24(29)18-23)27(33)20-32(25-15-13-21(2)14-16-25)37(35,36)26-11-6-5-7-12-26/h5-16,18,22H,4,17,19-20H2,1-3H3,(H,30,34). The predicted octanol–water partition coefficient (Wildman–Crippen LogP) is 4.79. The zero-order valence-corrected chi connectivity index (χ0v) is 22.8. The second-order valence-corrected chi connectivity index (χ2v) is 11.1. The Kier molecular flexibility index (Phi) is 9.72. The SMILES string of the molecule is CCCNC(=O)C(C)N(Cc1cccc(Cl)c1)C(=O)CN(c1ccc(C)cc1)S(=O)(=O)c1ccccc1. The molecule has 7 nitrogen and oxygen atoms in total. The van der Waals surface area contributed by atoms with E-state index < -0.39 is 28.5 Å². The van der Waals surface area contributed by atoms with Gasteiger partial charge >= 0.3 is 0 Å². The van der Waals surface area contributed by atoms with Crippen LogP contribution in [0.1, 0.15) is 31.4 Å². The van der Waals surface area contributed by atoms with Gasteiger partial charge in [0.05, 0.1) is 10.6 Å². The van der Waals surface area contributed by atoms with Crippen LogP contribution in [0.5, 0.6) is 0 Å². The molecule has 0 aliphatic carbocycles. The number of anilines is 1. The number of sulfonamides is 1. The van der Waals surface area contributed by atoms with E-state index in [0.29, 0.717) is 17.3 Å². The Balaban J connectivity index is 2.00. The van der Waals surface area contributed by atoms with E-state index in [0.717, 1.165) is 21.9 Å². The monoisotopic (exact) mass is 541 g/mol. The molecule has 3 rings (SSSR count). The molecule has 1 atom stereocenters. The van der Waals surface area contributed by atoms with Crippen LogP contribution >= 0.6 is 11.6 Å². The highest BCUT2D eigenvalue weighted by atomic mass is 35.5. The van der Waals surface area contributed by atoms with Crippen LogP contribution in [0.2, 0.25) is 5.02 Å². The van der Waals surface area contributed by atoms with E-state index >= 15 is 0 Å². The molecule has 0 aliphatic rings. The van der Waals surface area contributed by atoms with Gasteiger partial charge in [-0.15, -0.1) is 0 Å². The molecule has 9 heteroatoms. The minimum atomic E-state index is -4.07. The molecule has 0 saturated carbocycles. The summed E-state index contributed by atoms with van der Waals surface area (Å²) in [6, 6.07) is 21.1. The summed E-state index contributed by atoms with van der Waals surface area (Å²) in [6.45, 7) is 5.55. The van der Waals surface area contributed by atoms with Gasteiger partial charge in [-0.2, -0.15) is 0 Å². The normalized spacial score (nSPS) is 12.0. The number of hydrogen-bond acceptors (Lipinski definition) is 4. The third-order valence-electron chi connectivity index (χ3n) is 5.89. The number of nitrogens with zero attached hydrogens (tertiary/aromatic N) is 2. The second-order valence-electron chi connectivity index (χ2n) is 8.78. The van der Waals surface area contributed by atoms with Crippen LogP contribution < -0.4 is 9.62 Å². The highest BCUT2D eigenvalue weighted by Crippen LogP contribution is 2.25.